The van der Waals surface area contributed by atoms with Crippen molar-refractivity contribution in [1.82, 2.24) is 5.32 Å². The molecule has 3 aliphatic rings. The molecule has 1 N–H and O–H groups in total. The number of hydrogen-bond acceptors (Lipinski definition) is 1. The predicted octanol–water partition coefficient (Wildman–Crippen LogP) is 4.99. The van der Waals surface area contributed by atoms with E-state index >= 15 is 0 Å². The van der Waals surface area contributed by atoms with Crippen LogP contribution in [0.3, 0.4) is 0 Å². The molecule has 1 aromatic rings. The number of carbonyl (C=O) groups is 1. The smallest absolute Gasteiger partial charge is 0.228 e. The first-order valence-electron chi connectivity index (χ1n) is 7.55. The molecule has 5 heteroatoms. The lowest BCUT2D eigenvalue weighted by molar-refractivity contribution is -0.161. The van der Waals surface area contributed by atoms with Gasteiger partial charge in [0.05, 0.1) is 9.15 Å². The van der Waals surface area contributed by atoms with Crippen LogP contribution < -0.4 is 5.32 Å². The minimum absolute atomic E-state index is 0.0490. The fourth-order valence-electron chi connectivity index (χ4n) is 4.63. The van der Waals surface area contributed by atoms with Crippen molar-refractivity contribution in [3.8, 4) is 0 Å². The van der Waals surface area contributed by atoms with Crippen LogP contribution in [0.5, 0.6) is 0 Å². The molecule has 3 atom stereocenters. The zero-order valence-electron chi connectivity index (χ0n) is 12.7. The van der Waals surface area contributed by atoms with Gasteiger partial charge in [0.25, 0.3) is 0 Å². The Labute approximate surface area is 157 Å². The van der Waals surface area contributed by atoms with E-state index in [4.69, 9.17) is 0 Å². The van der Waals surface area contributed by atoms with Crippen LogP contribution in [0.2, 0.25) is 0 Å². The fourth-order valence-corrected chi connectivity index (χ4v) is 9.55. The fraction of sp³-hybridized carbons (Fsp3) is 0.588. The number of halogens is 3. The number of nitrogens with one attached hydrogen (secondary N) is 1. The quantitative estimate of drug-likeness (QED) is 0.588. The van der Waals surface area contributed by atoms with E-state index in [-0.39, 0.29) is 30.7 Å². The van der Waals surface area contributed by atoms with Crippen molar-refractivity contribution < 1.29 is 4.79 Å². The Balaban J connectivity index is 1.79. The maximum atomic E-state index is 13.0. The van der Waals surface area contributed by atoms with Crippen LogP contribution in [0.25, 0.3) is 0 Å². The minimum Gasteiger partial charge on any atom is -0.351 e. The van der Waals surface area contributed by atoms with E-state index in [1.54, 1.807) is 0 Å². The zero-order chi connectivity index (χ0) is 16.2. The van der Waals surface area contributed by atoms with E-state index in [1.807, 2.05) is 30.3 Å². The van der Waals surface area contributed by atoms with Crippen LogP contribution in [0.15, 0.2) is 30.3 Å². The second kappa shape index (κ2) is 5.59. The Morgan fingerprint density at radius 2 is 1.91 bits per heavy atom. The number of amides is 1. The van der Waals surface area contributed by atoms with Crippen molar-refractivity contribution in [2.24, 2.45) is 16.2 Å². The molecule has 0 heterocycles. The van der Waals surface area contributed by atoms with Crippen molar-refractivity contribution in [2.75, 3.05) is 0 Å². The summed E-state index contributed by atoms with van der Waals surface area (Å²) in [6.45, 7) is 5.06. The molecular weight excluding hydrogens is 474 g/mol. The van der Waals surface area contributed by atoms with Crippen LogP contribution in [0.1, 0.15) is 32.3 Å². The van der Waals surface area contributed by atoms with Crippen LogP contribution in [-0.2, 0) is 11.3 Å². The third-order valence-electron chi connectivity index (χ3n) is 6.19. The van der Waals surface area contributed by atoms with E-state index in [0.717, 1.165) is 18.4 Å². The van der Waals surface area contributed by atoms with Gasteiger partial charge in [-0.1, -0.05) is 92.0 Å². The van der Waals surface area contributed by atoms with Gasteiger partial charge in [-0.2, -0.15) is 0 Å². The SMILES string of the molecule is CC1(C)[C@]2(C(Br)Br)CC[C@@]1(C(=O)NCc1ccccc1)[C@@H]2Br. The third-order valence-corrected chi connectivity index (χ3v) is 9.42. The first kappa shape index (κ1) is 17.0. The Kier molecular flexibility index (Phi) is 4.31. The molecule has 0 spiro atoms. The average molecular weight is 494 g/mol. The molecule has 3 saturated carbocycles. The van der Waals surface area contributed by atoms with Crippen molar-refractivity contribution in [2.45, 2.75) is 41.8 Å². The number of fused-ring (bicyclic) bond motifs is 1. The predicted molar refractivity (Wildman–Crippen MR) is 101 cm³/mol. The van der Waals surface area contributed by atoms with Crippen LogP contribution in [0, 0.1) is 16.2 Å². The Hall–Kier alpha value is 0.130. The third kappa shape index (κ3) is 1.91. The highest BCUT2D eigenvalue weighted by atomic mass is 79.9. The molecule has 0 aliphatic heterocycles. The van der Waals surface area contributed by atoms with Crippen molar-refractivity contribution in [3.63, 3.8) is 0 Å². The maximum Gasteiger partial charge on any atom is 0.228 e. The van der Waals surface area contributed by atoms with E-state index in [2.05, 4.69) is 67.0 Å². The molecule has 2 bridgehead atoms. The lowest BCUT2D eigenvalue weighted by atomic mass is 9.43. The molecule has 120 valence electrons. The summed E-state index contributed by atoms with van der Waals surface area (Å²) in [4.78, 5) is 13.2. The van der Waals surface area contributed by atoms with Crippen LogP contribution in [-0.4, -0.2) is 14.5 Å². The summed E-state index contributed by atoms with van der Waals surface area (Å²) in [5.74, 6) is 0.178. The molecule has 4 rings (SSSR count). The van der Waals surface area contributed by atoms with E-state index in [0.29, 0.717) is 6.54 Å². The van der Waals surface area contributed by atoms with Gasteiger partial charge < -0.3 is 5.32 Å². The summed E-state index contributed by atoms with van der Waals surface area (Å²) in [5, 5.41) is 3.16. The maximum absolute atomic E-state index is 13.0. The average Bonchev–Trinajstić information content (AvgIpc) is 2.95. The molecule has 0 saturated heterocycles. The number of rotatable bonds is 4. The van der Waals surface area contributed by atoms with Gasteiger partial charge >= 0.3 is 0 Å². The number of alkyl halides is 3. The molecule has 1 amide bonds. The zero-order valence-corrected chi connectivity index (χ0v) is 17.5. The molecule has 0 unspecified atom stereocenters. The number of hydrogen-bond donors (Lipinski definition) is 1. The minimum atomic E-state index is -0.318. The Morgan fingerprint density at radius 3 is 2.41 bits per heavy atom. The van der Waals surface area contributed by atoms with Gasteiger partial charge in [0.15, 0.2) is 0 Å². The largest absolute Gasteiger partial charge is 0.351 e. The monoisotopic (exact) mass is 491 g/mol. The number of carbonyl (C=O) groups excluding carboxylic acids is 1. The molecule has 2 nitrogen and oxygen atoms in total. The standard InChI is InChI=1S/C17H20Br3NO/c1-15(2)16(13(19)20)8-9-17(15,12(16)18)14(22)21-10-11-6-4-3-5-7-11/h3-7,12-13H,8-10H2,1-2H3,(H,21,22)/t12-,16-,17+/m1/s1. The van der Waals surface area contributed by atoms with E-state index < -0.39 is 0 Å². The highest BCUT2D eigenvalue weighted by molar-refractivity contribution is 9.24. The van der Waals surface area contributed by atoms with Crippen molar-refractivity contribution >= 4 is 53.7 Å². The molecular formula is C17H20Br3NO. The van der Waals surface area contributed by atoms with Gasteiger partial charge in [-0.25, -0.2) is 0 Å². The Morgan fingerprint density at radius 1 is 1.27 bits per heavy atom. The summed E-state index contributed by atoms with van der Waals surface area (Å²) < 4.78 is 0.212. The summed E-state index contributed by atoms with van der Waals surface area (Å²) in [6, 6.07) is 10.1. The second-order valence-electron chi connectivity index (χ2n) is 6.97. The van der Waals surface area contributed by atoms with Crippen LogP contribution in [0.4, 0.5) is 0 Å². The number of benzene rings is 1. The summed E-state index contributed by atoms with van der Waals surface area (Å²) >= 11 is 11.3. The van der Waals surface area contributed by atoms with Gasteiger partial charge in [-0.3, -0.25) is 4.79 Å². The van der Waals surface area contributed by atoms with Gasteiger partial charge in [-0.05, 0) is 23.8 Å². The normalized spacial score (nSPS) is 35.3. The molecule has 0 aromatic heterocycles. The lowest BCUT2D eigenvalue weighted by Gasteiger charge is -2.66. The highest BCUT2D eigenvalue weighted by Gasteiger charge is 2.83. The van der Waals surface area contributed by atoms with E-state index in [9.17, 15) is 4.79 Å². The molecule has 3 aliphatic carbocycles. The summed E-state index contributed by atoms with van der Waals surface area (Å²) in [6.07, 6.45) is 1.99. The lowest BCUT2D eigenvalue weighted by Crippen LogP contribution is -2.72. The molecule has 3 fully saturated rings. The van der Waals surface area contributed by atoms with Gasteiger partial charge in [-0.15, -0.1) is 0 Å². The molecule has 1 aromatic carbocycles. The molecule has 0 radical (unpaired) electrons. The van der Waals surface area contributed by atoms with Crippen molar-refractivity contribution in [1.29, 1.82) is 0 Å². The first-order chi connectivity index (χ1) is 10.3. The van der Waals surface area contributed by atoms with Gasteiger partial charge in [0.1, 0.15) is 0 Å². The first-order valence-corrected chi connectivity index (χ1v) is 10.3. The van der Waals surface area contributed by atoms with Gasteiger partial charge in [0.2, 0.25) is 5.91 Å². The van der Waals surface area contributed by atoms with Gasteiger partial charge in [0, 0.05) is 16.8 Å². The van der Waals surface area contributed by atoms with Crippen LogP contribution >= 0.6 is 47.8 Å². The molecule has 22 heavy (non-hydrogen) atoms. The topological polar surface area (TPSA) is 29.1 Å². The summed E-state index contributed by atoms with van der Waals surface area (Å²) in [7, 11) is 0. The van der Waals surface area contributed by atoms with E-state index in [1.165, 1.54) is 0 Å². The van der Waals surface area contributed by atoms with Crippen molar-refractivity contribution in [3.05, 3.63) is 35.9 Å². The second-order valence-corrected chi connectivity index (χ2v) is 10.9. The Bertz CT molecular complexity index is 589. The highest BCUT2D eigenvalue weighted by Crippen LogP contribution is 2.82. The summed E-state index contributed by atoms with van der Waals surface area (Å²) in [5.41, 5.74) is 0.851.